The highest BCUT2D eigenvalue weighted by atomic mass is 32.2. The van der Waals surface area contributed by atoms with E-state index in [0.717, 1.165) is 0 Å². The van der Waals surface area contributed by atoms with Gasteiger partial charge < -0.3 is 5.32 Å². The fourth-order valence-electron chi connectivity index (χ4n) is 2.53. The molecule has 1 N–H and O–H groups in total. The van der Waals surface area contributed by atoms with Gasteiger partial charge in [0.15, 0.2) is 0 Å². The van der Waals surface area contributed by atoms with Crippen LogP contribution in [0.3, 0.4) is 0 Å². The van der Waals surface area contributed by atoms with Crippen LogP contribution in [0.15, 0.2) is 77.0 Å². The molecule has 0 aliphatic heterocycles. The minimum atomic E-state index is -5.11. The molecule has 2 aromatic carbocycles. The first kappa shape index (κ1) is 20.8. The first-order chi connectivity index (χ1) is 13.7. The number of amides is 1. The number of carbonyl (C=O) groups is 1. The fraction of sp³-hybridized carbons (Fsp3) is 0.0500. The normalized spacial score (nSPS) is 12.6. The molecule has 0 saturated heterocycles. The smallest absolute Gasteiger partial charge is 0.318 e. The Bertz CT molecular complexity index is 1140. The highest BCUT2D eigenvalue weighted by Gasteiger charge is 2.39. The number of alkyl halides is 3. The number of sulfone groups is 1. The number of anilines is 1. The minimum Gasteiger partial charge on any atom is -0.318 e. The summed E-state index contributed by atoms with van der Waals surface area (Å²) in [5, 5.41) is 3.51. The standard InChI is InChI=1S/C20H14F3NO3S2/c21-20(22,23)19(25)24-17-11-5-4-10-16(17)18(13-14-7-6-12-28-14)29(26,27)15-8-2-1-3-9-15/h1-13H,(H,24,25)/b18-13-. The minimum absolute atomic E-state index is 0.0141. The van der Waals surface area contributed by atoms with E-state index in [1.54, 1.807) is 41.0 Å². The lowest BCUT2D eigenvalue weighted by molar-refractivity contribution is -0.167. The van der Waals surface area contributed by atoms with E-state index in [0.29, 0.717) is 4.88 Å². The van der Waals surface area contributed by atoms with Gasteiger partial charge in [-0.3, -0.25) is 4.79 Å². The Kier molecular flexibility index (Phi) is 5.90. The van der Waals surface area contributed by atoms with Crippen LogP contribution in [0.1, 0.15) is 10.4 Å². The van der Waals surface area contributed by atoms with Crippen LogP contribution >= 0.6 is 11.3 Å². The van der Waals surface area contributed by atoms with Crippen molar-refractivity contribution in [3.63, 3.8) is 0 Å². The van der Waals surface area contributed by atoms with Gasteiger partial charge in [0.25, 0.3) is 0 Å². The van der Waals surface area contributed by atoms with Gasteiger partial charge in [0.2, 0.25) is 9.84 Å². The Morgan fingerprint density at radius 3 is 2.21 bits per heavy atom. The first-order valence-electron chi connectivity index (χ1n) is 8.22. The third-order valence-corrected chi connectivity index (χ3v) is 6.49. The number of para-hydroxylation sites is 1. The van der Waals surface area contributed by atoms with E-state index < -0.39 is 21.9 Å². The lowest BCUT2D eigenvalue weighted by Crippen LogP contribution is -2.30. The van der Waals surface area contributed by atoms with Gasteiger partial charge in [-0.1, -0.05) is 42.5 Å². The second-order valence-electron chi connectivity index (χ2n) is 5.84. The van der Waals surface area contributed by atoms with Crippen LogP contribution in [0, 0.1) is 0 Å². The van der Waals surface area contributed by atoms with E-state index in [9.17, 15) is 26.4 Å². The van der Waals surface area contributed by atoms with E-state index in [-0.39, 0.29) is 21.1 Å². The molecule has 0 atom stereocenters. The molecule has 0 radical (unpaired) electrons. The van der Waals surface area contributed by atoms with E-state index in [1.807, 2.05) is 0 Å². The Hall–Kier alpha value is -2.91. The largest absolute Gasteiger partial charge is 0.471 e. The number of hydrogen-bond acceptors (Lipinski definition) is 4. The lowest BCUT2D eigenvalue weighted by atomic mass is 10.1. The summed E-state index contributed by atoms with van der Waals surface area (Å²) in [6, 6.07) is 16.4. The quantitative estimate of drug-likeness (QED) is 0.595. The molecule has 0 aliphatic carbocycles. The zero-order chi connectivity index (χ0) is 21.1. The van der Waals surface area contributed by atoms with Crippen LogP contribution in [-0.2, 0) is 14.6 Å². The molecule has 9 heteroatoms. The van der Waals surface area contributed by atoms with Gasteiger partial charge >= 0.3 is 12.1 Å². The monoisotopic (exact) mass is 437 g/mol. The van der Waals surface area contributed by atoms with Gasteiger partial charge in [-0.2, -0.15) is 13.2 Å². The highest BCUT2D eigenvalue weighted by molar-refractivity contribution is 8.01. The van der Waals surface area contributed by atoms with Gasteiger partial charge in [-0.15, -0.1) is 11.3 Å². The molecule has 1 heterocycles. The zero-order valence-electron chi connectivity index (χ0n) is 14.7. The summed E-state index contributed by atoms with van der Waals surface area (Å²) >= 11 is 1.27. The number of thiophene rings is 1. The van der Waals surface area contributed by atoms with Crippen molar-refractivity contribution in [3.8, 4) is 0 Å². The molecule has 1 amide bonds. The van der Waals surface area contributed by atoms with Crippen molar-refractivity contribution in [2.75, 3.05) is 5.32 Å². The zero-order valence-corrected chi connectivity index (χ0v) is 16.3. The topological polar surface area (TPSA) is 63.2 Å². The lowest BCUT2D eigenvalue weighted by Gasteiger charge is -2.15. The molecule has 1 aromatic heterocycles. The molecular weight excluding hydrogens is 423 g/mol. The summed E-state index contributed by atoms with van der Waals surface area (Å²) in [5.41, 5.74) is -0.292. The van der Waals surface area contributed by atoms with Crippen molar-refractivity contribution in [2.45, 2.75) is 11.1 Å². The van der Waals surface area contributed by atoms with Gasteiger partial charge in [-0.05, 0) is 35.7 Å². The number of nitrogens with one attached hydrogen (secondary N) is 1. The maximum Gasteiger partial charge on any atom is 0.471 e. The highest BCUT2D eigenvalue weighted by Crippen LogP contribution is 2.35. The average Bonchev–Trinajstić information content (AvgIpc) is 3.20. The molecule has 0 bridgehead atoms. The molecule has 3 rings (SSSR count). The molecule has 0 aliphatic rings. The second kappa shape index (κ2) is 8.22. The molecule has 0 spiro atoms. The van der Waals surface area contributed by atoms with E-state index in [4.69, 9.17) is 0 Å². The van der Waals surface area contributed by atoms with Crippen molar-refractivity contribution in [3.05, 3.63) is 82.6 Å². The van der Waals surface area contributed by atoms with Gasteiger partial charge in [-0.25, -0.2) is 8.42 Å². The van der Waals surface area contributed by atoms with Gasteiger partial charge in [0.05, 0.1) is 9.80 Å². The summed E-state index contributed by atoms with van der Waals surface area (Å²) in [6.45, 7) is 0. The van der Waals surface area contributed by atoms with Crippen molar-refractivity contribution in [1.29, 1.82) is 0 Å². The number of benzene rings is 2. The Morgan fingerprint density at radius 1 is 0.931 bits per heavy atom. The SMILES string of the molecule is O=C(Nc1ccccc1/C(=C/c1cccs1)S(=O)(=O)c1ccccc1)C(F)(F)F. The van der Waals surface area contributed by atoms with E-state index in [2.05, 4.69) is 0 Å². The maximum atomic E-state index is 13.3. The Labute approximate surface area is 169 Å². The van der Waals surface area contributed by atoms with Crippen LogP contribution < -0.4 is 5.32 Å². The summed E-state index contributed by atoms with van der Waals surface area (Å²) < 4.78 is 64.8. The van der Waals surface area contributed by atoms with Crippen molar-refractivity contribution in [1.82, 2.24) is 0 Å². The third-order valence-electron chi connectivity index (χ3n) is 3.86. The third kappa shape index (κ3) is 4.75. The average molecular weight is 437 g/mol. The summed E-state index contributed by atoms with van der Waals surface area (Å²) in [4.78, 5) is 11.8. The molecule has 29 heavy (non-hydrogen) atoms. The predicted molar refractivity (Wildman–Crippen MR) is 107 cm³/mol. The first-order valence-corrected chi connectivity index (χ1v) is 10.6. The number of hydrogen-bond donors (Lipinski definition) is 1. The molecule has 0 saturated carbocycles. The van der Waals surface area contributed by atoms with Gasteiger partial charge in [0, 0.05) is 16.1 Å². The van der Waals surface area contributed by atoms with Crippen LogP contribution in [0.25, 0.3) is 11.0 Å². The molecule has 0 fully saturated rings. The summed E-state index contributed by atoms with van der Waals surface area (Å²) in [6.07, 6.45) is -3.73. The van der Waals surface area contributed by atoms with Crippen LogP contribution in [0.5, 0.6) is 0 Å². The van der Waals surface area contributed by atoms with Crippen LogP contribution in [0.2, 0.25) is 0 Å². The number of halogens is 3. The molecule has 3 aromatic rings. The number of carbonyl (C=O) groups excluding carboxylic acids is 1. The maximum absolute atomic E-state index is 13.3. The Balaban J connectivity index is 2.18. The second-order valence-corrected chi connectivity index (χ2v) is 8.74. The Morgan fingerprint density at radius 2 is 1.59 bits per heavy atom. The van der Waals surface area contributed by atoms with E-state index >= 15 is 0 Å². The molecular formula is C20H14F3NO3S2. The summed E-state index contributed by atoms with van der Waals surface area (Å²) in [7, 11) is -4.09. The van der Waals surface area contributed by atoms with Crippen molar-refractivity contribution >= 4 is 43.7 Å². The van der Waals surface area contributed by atoms with Crippen molar-refractivity contribution in [2.24, 2.45) is 0 Å². The predicted octanol–water partition coefficient (Wildman–Crippen LogP) is 5.22. The molecule has 0 unspecified atom stereocenters. The molecule has 4 nitrogen and oxygen atoms in total. The summed E-state index contributed by atoms with van der Waals surface area (Å²) in [5.74, 6) is -2.18. The van der Waals surface area contributed by atoms with Crippen molar-refractivity contribution < 1.29 is 26.4 Å². The number of rotatable bonds is 5. The van der Waals surface area contributed by atoms with Crippen LogP contribution in [0.4, 0.5) is 18.9 Å². The van der Waals surface area contributed by atoms with Gasteiger partial charge in [0.1, 0.15) is 0 Å². The van der Waals surface area contributed by atoms with E-state index in [1.165, 1.54) is 53.8 Å². The molecule has 150 valence electrons. The fourth-order valence-corrected chi connectivity index (χ4v) is 4.78. The van der Waals surface area contributed by atoms with Crippen LogP contribution in [-0.4, -0.2) is 20.5 Å².